The fraction of sp³-hybridized carbons (Fsp3) is 0.500. The van der Waals surface area contributed by atoms with Crippen LogP contribution in [0.1, 0.15) is 34.8 Å². The van der Waals surface area contributed by atoms with Gasteiger partial charge in [0.05, 0.1) is 11.4 Å². The fourth-order valence-electron chi connectivity index (χ4n) is 2.23. The Morgan fingerprint density at radius 2 is 2.10 bits per heavy atom. The minimum atomic E-state index is -2.89. The van der Waals surface area contributed by atoms with Crippen molar-refractivity contribution in [3.63, 3.8) is 0 Å². The average molecular weight is 446 g/mol. The average Bonchev–Trinajstić information content (AvgIpc) is 3.13. The van der Waals surface area contributed by atoms with Gasteiger partial charge >= 0.3 is 16.5 Å². The summed E-state index contributed by atoms with van der Waals surface area (Å²) in [5, 5.41) is 16.9. The second-order valence-electron chi connectivity index (χ2n) is 5.71. The molecule has 0 aliphatic carbocycles. The highest BCUT2D eigenvalue weighted by atomic mass is 32.2. The molecule has 0 spiro atoms. The summed E-state index contributed by atoms with van der Waals surface area (Å²) in [4.78, 5) is 40.2. The molecule has 4 N–H and O–H groups in total. The van der Waals surface area contributed by atoms with Crippen LogP contribution < -0.4 is 16.0 Å². The summed E-state index contributed by atoms with van der Waals surface area (Å²) in [5.41, 5.74) is 0. The molecule has 1 aromatic rings. The van der Waals surface area contributed by atoms with E-state index in [1.165, 1.54) is 11.3 Å². The Balaban J connectivity index is 0.00000420. The van der Waals surface area contributed by atoms with Crippen LogP contribution in [0.4, 0.5) is 0 Å². The van der Waals surface area contributed by atoms with Gasteiger partial charge in [0.15, 0.2) is 12.0 Å². The molecule has 29 heavy (non-hydrogen) atoms. The lowest BCUT2D eigenvalue weighted by atomic mass is 10.2. The van der Waals surface area contributed by atoms with E-state index in [9.17, 15) is 22.8 Å². The number of rotatable bonds is 8. The predicted octanol–water partition coefficient (Wildman–Crippen LogP) is 0.0280. The SMILES string of the molecule is C.O=C(CCc1ccc(C(=O)NC[C@H](N=S(=O)=O)C(=O)O)s1)NC1=NCCCN1. The van der Waals surface area contributed by atoms with E-state index in [1.54, 1.807) is 12.1 Å². The van der Waals surface area contributed by atoms with Crippen LogP contribution in [0.25, 0.3) is 0 Å². The van der Waals surface area contributed by atoms with E-state index >= 15 is 0 Å². The van der Waals surface area contributed by atoms with Gasteiger partial charge in [0, 0.05) is 24.4 Å². The van der Waals surface area contributed by atoms with Gasteiger partial charge in [0.1, 0.15) is 0 Å². The van der Waals surface area contributed by atoms with Crippen molar-refractivity contribution < 1.29 is 27.9 Å². The van der Waals surface area contributed by atoms with Crippen LogP contribution in [-0.4, -0.2) is 62.9 Å². The van der Waals surface area contributed by atoms with E-state index in [0.29, 0.717) is 23.8 Å². The van der Waals surface area contributed by atoms with Crippen molar-refractivity contribution in [2.75, 3.05) is 19.6 Å². The van der Waals surface area contributed by atoms with Crippen LogP contribution in [0.15, 0.2) is 21.5 Å². The van der Waals surface area contributed by atoms with Crippen molar-refractivity contribution >= 4 is 45.6 Å². The smallest absolute Gasteiger partial charge is 0.331 e. The van der Waals surface area contributed by atoms with Gasteiger partial charge in [-0.15, -0.1) is 11.3 Å². The van der Waals surface area contributed by atoms with Crippen LogP contribution in [0.5, 0.6) is 0 Å². The minimum Gasteiger partial charge on any atom is -0.480 e. The first-order chi connectivity index (χ1) is 13.3. The Morgan fingerprint density at radius 1 is 1.34 bits per heavy atom. The number of thiophene rings is 1. The Morgan fingerprint density at radius 3 is 2.72 bits per heavy atom. The first-order valence-electron chi connectivity index (χ1n) is 8.33. The van der Waals surface area contributed by atoms with Crippen molar-refractivity contribution in [1.82, 2.24) is 16.0 Å². The minimum absolute atomic E-state index is 0. The van der Waals surface area contributed by atoms with Crippen molar-refractivity contribution in [3.8, 4) is 0 Å². The lowest BCUT2D eigenvalue weighted by Crippen LogP contribution is -2.43. The number of aliphatic carboxylic acids is 1. The summed E-state index contributed by atoms with van der Waals surface area (Å²) in [5.74, 6) is -1.72. The first kappa shape index (κ1) is 24.2. The molecule has 1 aliphatic heterocycles. The molecular weight excluding hydrogens is 422 g/mol. The van der Waals surface area contributed by atoms with Crippen LogP contribution in [0.3, 0.4) is 0 Å². The number of nitrogens with one attached hydrogen (secondary N) is 3. The van der Waals surface area contributed by atoms with Gasteiger partial charge in [-0.3, -0.25) is 19.9 Å². The number of aliphatic imine (C=N–C) groups is 1. The van der Waals surface area contributed by atoms with E-state index in [1.807, 2.05) is 0 Å². The van der Waals surface area contributed by atoms with Gasteiger partial charge in [-0.2, -0.15) is 12.8 Å². The molecule has 0 unspecified atom stereocenters. The molecule has 1 atom stereocenters. The fourth-order valence-corrected chi connectivity index (χ4v) is 3.53. The molecule has 0 radical (unpaired) electrons. The molecule has 2 rings (SSSR count). The number of amides is 2. The number of guanidine groups is 1. The molecule has 2 heterocycles. The summed E-state index contributed by atoms with van der Waals surface area (Å²) in [6.07, 6.45) is 1.58. The molecule has 11 nitrogen and oxygen atoms in total. The Bertz CT molecular complexity index is 901. The summed E-state index contributed by atoms with van der Waals surface area (Å²) in [6.45, 7) is 0.989. The highest BCUT2D eigenvalue weighted by Gasteiger charge is 2.19. The number of carboxylic acid groups (broad SMARTS) is 1. The number of nitrogens with zero attached hydrogens (tertiary/aromatic N) is 2. The van der Waals surface area contributed by atoms with Gasteiger partial charge in [-0.05, 0) is 25.0 Å². The Hall–Kier alpha value is -2.80. The lowest BCUT2D eigenvalue weighted by molar-refractivity contribution is -0.138. The van der Waals surface area contributed by atoms with Crippen LogP contribution in [0, 0.1) is 0 Å². The third-order valence-electron chi connectivity index (χ3n) is 3.59. The molecule has 13 heteroatoms. The maximum atomic E-state index is 12.1. The molecule has 1 aromatic heterocycles. The zero-order valence-corrected chi connectivity index (χ0v) is 16.3. The standard InChI is InChI=1S/C15H19N5O6S2.CH4/c21-12(19-15-16-6-1-7-17-15)5-3-9-2-4-11(27-9)13(22)18-8-10(14(23)24)20-28(25)26;/h2,4,10H,1,3,5-8H2,(H,18,22)(H,23,24)(H2,16,17,19,21);1H4/t10-;/m0./s1. The number of aryl methyl sites for hydroxylation is 1. The molecular formula is C16H23N5O6S2. The molecule has 0 bridgehead atoms. The zero-order valence-electron chi connectivity index (χ0n) is 14.7. The summed E-state index contributed by atoms with van der Waals surface area (Å²) in [7, 11) is -2.89. The van der Waals surface area contributed by atoms with Gasteiger partial charge < -0.3 is 15.7 Å². The number of carbonyl (C=O) groups is 3. The van der Waals surface area contributed by atoms with E-state index in [2.05, 4.69) is 25.3 Å². The first-order valence-corrected chi connectivity index (χ1v) is 10.2. The molecule has 0 saturated carbocycles. The molecule has 1 aliphatic rings. The van der Waals surface area contributed by atoms with Gasteiger partial charge in [-0.25, -0.2) is 4.79 Å². The molecule has 0 saturated heterocycles. The summed E-state index contributed by atoms with van der Waals surface area (Å²) in [6, 6.07) is 1.68. The van der Waals surface area contributed by atoms with Crippen LogP contribution >= 0.6 is 11.3 Å². The predicted molar refractivity (Wildman–Crippen MR) is 108 cm³/mol. The van der Waals surface area contributed by atoms with Crippen LogP contribution in [0.2, 0.25) is 0 Å². The molecule has 0 aromatic carbocycles. The maximum absolute atomic E-state index is 12.1. The molecule has 2 amide bonds. The third-order valence-corrected chi connectivity index (χ3v) is 5.16. The third kappa shape index (κ3) is 8.39. The highest BCUT2D eigenvalue weighted by molar-refractivity contribution is 7.61. The van der Waals surface area contributed by atoms with Crippen molar-refractivity contribution in [1.29, 1.82) is 0 Å². The largest absolute Gasteiger partial charge is 0.480 e. The van der Waals surface area contributed by atoms with E-state index in [4.69, 9.17) is 5.11 Å². The van der Waals surface area contributed by atoms with Gasteiger partial charge in [0.2, 0.25) is 5.91 Å². The number of carboxylic acids is 1. The number of hydrogen-bond acceptors (Lipinski definition) is 9. The number of carbonyl (C=O) groups excluding carboxylic acids is 2. The van der Waals surface area contributed by atoms with Crippen molar-refractivity contribution in [2.24, 2.45) is 9.36 Å². The summed E-state index contributed by atoms with van der Waals surface area (Å²) >= 11 is 1.17. The van der Waals surface area contributed by atoms with E-state index < -0.39 is 35.0 Å². The van der Waals surface area contributed by atoms with Gasteiger partial charge in [0.25, 0.3) is 5.91 Å². The van der Waals surface area contributed by atoms with Gasteiger partial charge in [-0.1, -0.05) is 7.43 Å². The normalized spacial score (nSPS) is 13.7. The van der Waals surface area contributed by atoms with E-state index in [0.717, 1.165) is 17.8 Å². The molecule has 0 fully saturated rings. The maximum Gasteiger partial charge on any atom is 0.331 e. The highest BCUT2D eigenvalue weighted by Crippen LogP contribution is 2.18. The van der Waals surface area contributed by atoms with Crippen molar-refractivity contribution in [2.45, 2.75) is 32.7 Å². The topological polar surface area (TPSA) is 166 Å². The van der Waals surface area contributed by atoms with Crippen molar-refractivity contribution in [3.05, 3.63) is 21.9 Å². The van der Waals surface area contributed by atoms with Crippen LogP contribution in [-0.2, 0) is 26.5 Å². The second-order valence-corrected chi connectivity index (χ2v) is 7.52. The lowest BCUT2D eigenvalue weighted by Gasteiger charge is -2.14. The number of hydrogen-bond donors (Lipinski definition) is 4. The zero-order chi connectivity index (χ0) is 20.5. The monoisotopic (exact) mass is 445 g/mol. The Labute approximate surface area is 173 Å². The Kier molecular flexibility index (Phi) is 9.96. The molecule has 160 valence electrons. The quantitative estimate of drug-likeness (QED) is 0.438. The summed E-state index contributed by atoms with van der Waals surface area (Å²) < 4.78 is 24.0. The second kappa shape index (κ2) is 11.9. The van der Waals surface area contributed by atoms with E-state index in [-0.39, 0.29) is 19.8 Å².